The fourth-order valence-corrected chi connectivity index (χ4v) is 2.63. The van der Waals surface area contributed by atoms with Gasteiger partial charge in [0.2, 0.25) is 0 Å². The molecule has 2 heterocycles. The van der Waals surface area contributed by atoms with Crippen LogP contribution in [0.4, 0.5) is 0 Å². The monoisotopic (exact) mass is 233 g/mol. The van der Waals surface area contributed by atoms with Gasteiger partial charge in [-0.05, 0) is 56.9 Å². The molecule has 0 saturated carbocycles. The van der Waals surface area contributed by atoms with Crippen molar-refractivity contribution in [3.05, 3.63) is 30.1 Å². The van der Waals surface area contributed by atoms with E-state index in [-0.39, 0.29) is 0 Å². The summed E-state index contributed by atoms with van der Waals surface area (Å²) in [5.41, 5.74) is 1.33. The Balaban J connectivity index is 1.81. The van der Waals surface area contributed by atoms with Crippen LogP contribution in [0, 0.1) is 5.92 Å². The SMILES string of the molecule is CNCCC1CCCN(Cc2cccnc2)C1. The zero-order chi connectivity index (χ0) is 11.9. The Morgan fingerprint density at radius 2 is 2.47 bits per heavy atom. The lowest BCUT2D eigenvalue weighted by Gasteiger charge is -2.32. The standard InChI is InChI=1S/C14H23N3/c1-15-8-6-13-5-3-9-17(11-13)12-14-4-2-7-16-10-14/h2,4,7,10,13,15H,3,5-6,8-9,11-12H2,1H3. The van der Waals surface area contributed by atoms with Crippen LogP contribution in [0.15, 0.2) is 24.5 Å². The van der Waals surface area contributed by atoms with Gasteiger partial charge < -0.3 is 5.32 Å². The summed E-state index contributed by atoms with van der Waals surface area (Å²) in [6.45, 7) is 4.69. The van der Waals surface area contributed by atoms with E-state index in [1.807, 2.05) is 25.5 Å². The van der Waals surface area contributed by atoms with Crippen LogP contribution in [0.3, 0.4) is 0 Å². The topological polar surface area (TPSA) is 28.2 Å². The summed E-state index contributed by atoms with van der Waals surface area (Å²) >= 11 is 0. The van der Waals surface area contributed by atoms with Crippen LogP contribution in [-0.2, 0) is 6.54 Å². The summed E-state index contributed by atoms with van der Waals surface area (Å²) in [7, 11) is 2.04. The van der Waals surface area contributed by atoms with Crippen LogP contribution >= 0.6 is 0 Å². The highest BCUT2D eigenvalue weighted by atomic mass is 15.1. The minimum absolute atomic E-state index is 0.868. The maximum absolute atomic E-state index is 4.18. The minimum atomic E-state index is 0.868. The highest BCUT2D eigenvalue weighted by Crippen LogP contribution is 2.20. The Hall–Kier alpha value is -0.930. The average Bonchev–Trinajstić information content (AvgIpc) is 2.38. The van der Waals surface area contributed by atoms with Crippen LogP contribution in [0.2, 0.25) is 0 Å². The molecule has 94 valence electrons. The molecule has 1 fully saturated rings. The van der Waals surface area contributed by atoms with Gasteiger partial charge in [-0.25, -0.2) is 0 Å². The molecule has 3 heteroatoms. The fraction of sp³-hybridized carbons (Fsp3) is 0.643. The molecule has 3 nitrogen and oxygen atoms in total. The summed E-state index contributed by atoms with van der Waals surface area (Å²) in [6, 6.07) is 4.20. The van der Waals surface area contributed by atoms with Crippen molar-refractivity contribution >= 4 is 0 Å². The molecule has 1 unspecified atom stereocenters. The highest BCUT2D eigenvalue weighted by Gasteiger charge is 2.19. The van der Waals surface area contributed by atoms with Crippen molar-refractivity contribution in [2.75, 3.05) is 26.7 Å². The lowest BCUT2D eigenvalue weighted by molar-refractivity contribution is 0.161. The van der Waals surface area contributed by atoms with Gasteiger partial charge in [0.05, 0.1) is 0 Å². The van der Waals surface area contributed by atoms with Gasteiger partial charge in [-0.3, -0.25) is 9.88 Å². The van der Waals surface area contributed by atoms with E-state index in [1.54, 1.807) is 0 Å². The first kappa shape index (κ1) is 12.5. The Labute approximate surface area is 104 Å². The molecule has 1 aliphatic heterocycles. The van der Waals surface area contributed by atoms with E-state index in [4.69, 9.17) is 0 Å². The maximum Gasteiger partial charge on any atom is 0.0312 e. The van der Waals surface area contributed by atoms with Crippen molar-refractivity contribution < 1.29 is 0 Å². The van der Waals surface area contributed by atoms with E-state index in [0.29, 0.717) is 0 Å². The number of hydrogen-bond donors (Lipinski definition) is 1. The van der Waals surface area contributed by atoms with E-state index in [0.717, 1.165) is 19.0 Å². The molecule has 1 aliphatic rings. The number of piperidine rings is 1. The molecule has 2 rings (SSSR count). The Morgan fingerprint density at radius 1 is 1.53 bits per heavy atom. The number of rotatable bonds is 5. The molecular weight excluding hydrogens is 210 g/mol. The third kappa shape index (κ3) is 4.10. The smallest absolute Gasteiger partial charge is 0.0312 e. The van der Waals surface area contributed by atoms with E-state index in [9.17, 15) is 0 Å². The predicted octanol–water partition coefficient (Wildman–Crippen LogP) is 1.90. The van der Waals surface area contributed by atoms with Crippen molar-refractivity contribution in [3.63, 3.8) is 0 Å². The van der Waals surface area contributed by atoms with Crippen molar-refractivity contribution in [2.24, 2.45) is 5.92 Å². The molecule has 0 amide bonds. The van der Waals surface area contributed by atoms with Crippen molar-refractivity contribution in [1.82, 2.24) is 15.2 Å². The second-order valence-electron chi connectivity index (χ2n) is 5.00. The van der Waals surface area contributed by atoms with E-state index in [1.165, 1.54) is 37.9 Å². The van der Waals surface area contributed by atoms with Crippen LogP contribution in [-0.4, -0.2) is 36.6 Å². The van der Waals surface area contributed by atoms with Gasteiger partial charge in [0.25, 0.3) is 0 Å². The second kappa shape index (κ2) is 6.72. The number of nitrogens with one attached hydrogen (secondary N) is 1. The predicted molar refractivity (Wildman–Crippen MR) is 70.8 cm³/mol. The van der Waals surface area contributed by atoms with Gasteiger partial charge in [0.1, 0.15) is 0 Å². The second-order valence-corrected chi connectivity index (χ2v) is 5.00. The van der Waals surface area contributed by atoms with Gasteiger partial charge in [-0.1, -0.05) is 6.07 Å². The zero-order valence-corrected chi connectivity index (χ0v) is 10.7. The average molecular weight is 233 g/mol. The molecule has 17 heavy (non-hydrogen) atoms. The van der Waals surface area contributed by atoms with E-state index >= 15 is 0 Å². The summed E-state index contributed by atoms with van der Waals surface area (Å²) in [5.74, 6) is 0.868. The van der Waals surface area contributed by atoms with Gasteiger partial charge in [-0.15, -0.1) is 0 Å². The quantitative estimate of drug-likeness (QED) is 0.842. The molecule has 1 aromatic heterocycles. The van der Waals surface area contributed by atoms with Gasteiger partial charge in [0, 0.05) is 25.5 Å². The molecule has 1 saturated heterocycles. The number of hydrogen-bond acceptors (Lipinski definition) is 3. The van der Waals surface area contributed by atoms with Crippen molar-refractivity contribution in [2.45, 2.75) is 25.8 Å². The zero-order valence-electron chi connectivity index (χ0n) is 10.7. The minimum Gasteiger partial charge on any atom is -0.320 e. The van der Waals surface area contributed by atoms with E-state index < -0.39 is 0 Å². The molecule has 1 aromatic rings. The summed E-state index contributed by atoms with van der Waals surface area (Å²) in [5, 5.41) is 3.25. The van der Waals surface area contributed by atoms with E-state index in [2.05, 4.69) is 21.3 Å². The molecule has 1 atom stereocenters. The fourth-order valence-electron chi connectivity index (χ4n) is 2.63. The van der Waals surface area contributed by atoms with Gasteiger partial charge >= 0.3 is 0 Å². The first-order chi connectivity index (χ1) is 8.38. The number of likely N-dealkylation sites (tertiary alicyclic amines) is 1. The maximum atomic E-state index is 4.18. The normalized spacial score (nSPS) is 21.6. The summed E-state index contributed by atoms with van der Waals surface area (Å²) in [6.07, 6.45) is 7.87. The van der Waals surface area contributed by atoms with Crippen molar-refractivity contribution in [3.8, 4) is 0 Å². The van der Waals surface area contributed by atoms with Crippen LogP contribution in [0.1, 0.15) is 24.8 Å². The molecule has 1 N–H and O–H groups in total. The molecular formula is C14H23N3. The first-order valence-corrected chi connectivity index (χ1v) is 6.64. The Morgan fingerprint density at radius 3 is 3.24 bits per heavy atom. The molecule has 0 aliphatic carbocycles. The molecule has 0 spiro atoms. The first-order valence-electron chi connectivity index (χ1n) is 6.64. The highest BCUT2D eigenvalue weighted by molar-refractivity contribution is 5.08. The largest absolute Gasteiger partial charge is 0.320 e. The summed E-state index contributed by atoms with van der Waals surface area (Å²) in [4.78, 5) is 6.75. The Bertz CT molecular complexity index is 313. The molecule has 0 aromatic carbocycles. The van der Waals surface area contributed by atoms with Crippen LogP contribution < -0.4 is 5.32 Å². The van der Waals surface area contributed by atoms with Crippen LogP contribution in [0.25, 0.3) is 0 Å². The summed E-state index contributed by atoms with van der Waals surface area (Å²) < 4.78 is 0. The lowest BCUT2D eigenvalue weighted by Crippen LogP contribution is -2.35. The van der Waals surface area contributed by atoms with Crippen molar-refractivity contribution in [1.29, 1.82) is 0 Å². The number of aromatic nitrogens is 1. The lowest BCUT2D eigenvalue weighted by atomic mass is 9.94. The Kier molecular flexibility index (Phi) is 4.95. The number of pyridine rings is 1. The van der Waals surface area contributed by atoms with Gasteiger partial charge in [0.15, 0.2) is 0 Å². The number of nitrogens with zero attached hydrogens (tertiary/aromatic N) is 2. The van der Waals surface area contributed by atoms with Gasteiger partial charge in [-0.2, -0.15) is 0 Å². The van der Waals surface area contributed by atoms with Crippen LogP contribution in [0.5, 0.6) is 0 Å². The molecule has 0 bridgehead atoms. The third-order valence-electron chi connectivity index (χ3n) is 3.53. The molecule has 0 radical (unpaired) electrons. The third-order valence-corrected chi connectivity index (χ3v) is 3.53.